The van der Waals surface area contributed by atoms with E-state index in [9.17, 15) is 8.42 Å². The number of nitrogens with zero attached hydrogens (tertiary/aromatic N) is 3. The van der Waals surface area contributed by atoms with Crippen molar-refractivity contribution in [1.82, 2.24) is 4.83 Å². The maximum Gasteiger partial charge on any atom is 0.276 e. The molecule has 3 aromatic rings. The largest absolute Gasteiger partial charge is 0.346 e. The van der Waals surface area contributed by atoms with Crippen LogP contribution in [0.2, 0.25) is 0 Å². The van der Waals surface area contributed by atoms with Crippen LogP contribution in [0.4, 0.5) is 11.4 Å². The lowest BCUT2D eigenvalue weighted by atomic mass is 9.95. The Balaban J connectivity index is 1.43. The van der Waals surface area contributed by atoms with Crippen molar-refractivity contribution < 1.29 is 8.42 Å². The highest BCUT2D eigenvalue weighted by molar-refractivity contribution is 7.89. The van der Waals surface area contributed by atoms with Crippen molar-refractivity contribution in [3.8, 4) is 0 Å². The van der Waals surface area contributed by atoms with Crippen LogP contribution in [0.15, 0.2) is 70.7 Å². The molecule has 0 unspecified atom stereocenters. The Morgan fingerprint density at radius 1 is 0.853 bits per heavy atom. The lowest BCUT2D eigenvalue weighted by molar-refractivity contribution is 0.510. The van der Waals surface area contributed by atoms with Gasteiger partial charge in [-0.2, -0.15) is 13.5 Å². The summed E-state index contributed by atoms with van der Waals surface area (Å²) in [6.45, 7) is 9.70. The molecular weight excluding hydrogens is 444 g/mol. The van der Waals surface area contributed by atoms with E-state index in [1.54, 1.807) is 24.3 Å². The molecule has 5 rings (SSSR count). The van der Waals surface area contributed by atoms with E-state index in [0.29, 0.717) is 6.42 Å². The second-order valence-electron chi connectivity index (χ2n) is 9.46. The van der Waals surface area contributed by atoms with Gasteiger partial charge in [0.1, 0.15) is 6.17 Å². The van der Waals surface area contributed by atoms with Gasteiger partial charge in [-0.3, -0.25) is 0 Å². The number of hydrazone groups is 1. The second kappa shape index (κ2) is 8.47. The molecule has 0 aromatic heterocycles. The van der Waals surface area contributed by atoms with Gasteiger partial charge >= 0.3 is 0 Å². The third-order valence-electron chi connectivity index (χ3n) is 6.66. The van der Waals surface area contributed by atoms with E-state index >= 15 is 0 Å². The van der Waals surface area contributed by atoms with Crippen LogP contribution < -0.4 is 14.6 Å². The molecule has 2 aliphatic rings. The minimum absolute atomic E-state index is 0.0676. The Labute approximate surface area is 202 Å². The van der Waals surface area contributed by atoms with E-state index in [1.165, 1.54) is 33.6 Å². The minimum Gasteiger partial charge on any atom is -0.346 e. The summed E-state index contributed by atoms with van der Waals surface area (Å²) >= 11 is 0. The van der Waals surface area contributed by atoms with Crippen molar-refractivity contribution >= 4 is 27.1 Å². The standard InChI is InChI=1S/C27H30N4O2S/c1-18-5-9-24(10-6-18)34(32,33)29-28-21(4)15-27-30-16-22-13-19(2)7-11-25(22)31(27)17-23-14-20(3)8-12-26(23)30/h5-14,27,29H,15-17H2,1-4H3/b28-21+. The molecule has 0 saturated carbocycles. The van der Waals surface area contributed by atoms with Gasteiger partial charge in [-0.25, -0.2) is 4.83 Å². The third-order valence-corrected chi connectivity index (χ3v) is 7.88. The zero-order valence-electron chi connectivity index (χ0n) is 20.0. The molecular formula is C27H30N4O2S. The summed E-state index contributed by atoms with van der Waals surface area (Å²) in [5.74, 6) is 0. The van der Waals surface area contributed by atoms with E-state index in [0.717, 1.165) is 24.4 Å². The van der Waals surface area contributed by atoms with Crippen LogP contribution in [-0.4, -0.2) is 20.3 Å². The first-order chi connectivity index (χ1) is 16.2. The normalized spacial score (nSPS) is 15.7. The molecule has 0 radical (unpaired) electrons. The minimum atomic E-state index is -3.70. The number of nitrogens with one attached hydrogen (secondary N) is 1. The maximum atomic E-state index is 12.7. The summed E-state index contributed by atoms with van der Waals surface area (Å²) in [6.07, 6.45) is 0.690. The van der Waals surface area contributed by atoms with Crippen molar-refractivity contribution in [1.29, 1.82) is 0 Å². The SMILES string of the molecule is C/C(CC1N2Cc3cc(C)ccc3N1Cc1cc(C)ccc12)=N\NS(=O)(=O)c1ccc(C)cc1. The van der Waals surface area contributed by atoms with Crippen LogP contribution in [0, 0.1) is 20.8 Å². The van der Waals surface area contributed by atoms with Crippen LogP contribution in [-0.2, 0) is 23.1 Å². The number of rotatable bonds is 5. The molecule has 7 heteroatoms. The van der Waals surface area contributed by atoms with Crippen molar-refractivity contribution in [2.75, 3.05) is 9.80 Å². The van der Waals surface area contributed by atoms with E-state index < -0.39 is 10.0 Å². The fraction of sp³-hybridized carbons (Fsp3) is 0.296. The molecule has 2 aliphatic heterocycles. The van der Waals surface area contributed by atoms with Crippen LogP contribution in [0.5, 0.6) is 0 Å². The van der Waals surface area contributed by atoms with Crippen molar-refractivity contribution in [2.24, 2.45) is 5.10 Å². The Hall–Kier alpha value is -3.32. The number of hydrogen-bond donors (Lipinski definition) is 1. The summed E-state index contributed by atoms with van der Waals surface area (Å²) < 4.78 is 25.4. The van der Waals surface area contributed by atoms with Gasteiger partial charge in [0, 0.05) is 36.6 Å². The number of fused-ring (bicyclic) bond motifs is 6. The number of sulfonamides is 1. The maximum absolute atomic E-state index is 12.7. The van der Waals surface area contributed by atoms with Gasteiger partial charge in [0.2, 0.25) is 0 Å². The summed E-state index contributed by atoms with van der Waals surface area (Å²) in [5.41, 5.74) is 9.38. The van der Waals surface area contributed by atoms with Gasteiger partial charge in [-0.1, -0.05) is 53.1 Å². The fourth-order valence-electron chi connectivity index (χ4n) is 4.92. The molecule has 34 heavy (non-hydrogen) atoms. The van der Waals surface area contributed by atoms with Crippen LogP contribution >= 0.6 is 0 Å². The van der Waals surface area contributed by atoms with Gasteiger partial charge in [0.15, 0.2) is 0 Å². The first-order valence-electron chi connectivity index (χ1n) is 11.6. The van der Waals surface area contributed by atoms with Gasteiger partial charge < -0.3 is 9.80 Å². The Morgan fingerprint density at radius 3 is 1.88 bits per heavy atom. The van der Waals surface area contributed by atoms with Gasteiger partial charge in [-0.05, 0) is 63.1 Å². The summed E-state index contributed by atoms with van der Waals surface area (Å²) in [7, 11) is -3.70. The second-order valence-corrected chi connectivity index (χ2v) is 11.1. The monoisotopic (exact) mass is 474 g/mol. The highest BCUT2D eigenvalue weighted by Crippen LogP contribution is 2.42. The molecule has 0 atom stereocenters. The average Bonchev–Trinajstić information content (AvgIpc) is 2.79. The fourth-order valence-corrected chi connectivity index (χ4v) is 5.79. The zero-order valence-corrected chi connectivity index (χ0v) is 20.9. The molecule has 1 N–H and O–H groups in total. The summed E-state index contributed by atoms with van der Waals surface area (Å²) in [4.78, 5) is 7.49. The molecule has 0 spiro atoms. The van der Waals surface area contributed by atoms with Gasteiger partial charge in [0.05, 0.1) is 4.90 Å². The van der Waals surface area contributed by atoms with Crippen LogP contribution in [0.1, 0.15) is 41.2 Å². The summed E-state index contributed by atoms with van der Waals surface area (Å²) in [5, 5.41) is 4.28. The number of aryl methyl sites for hydroxylation is 3. The topological polar surface area (TPSA) is 65.0 Å². The van der Waals surface area contributed by atoms with Crippen molar-refractivity contribution in [3.05, 3.63) is 88.5 Å². The first kappa shape index (κ1) is 22.5. The number of benzene rings is 3. The van der Waals surface area contributed by atoms with E-state index in [2.05, 4.69) is 70.0 Å². The third kappa shape index (κ3) is 4.16. The Kier molecular flexibility index (Phi) is 5.60. The number of hydrogen-bond acceptors (Lipinski definition) is 5. The quantitative estimate of drug-likeness (QED) is 0.416. The van der Waals surface area contributed by atoms with E-state index in [4.69, 9.17) is 0 Å². The Bertz CT molecular complexity index is 1320. The molecule has 3 aromatic carbocycles. The smallest absolute Gasteiger partial charge is 0.276 e. The molecule has 6 nitrogen and oxygen atoms in total. The molecule has 0 saturated heterocycles. The molecule has 0 fully saturated rings. The molecule has 2 heterocycles. The number of anilines is 2. The van der Waals surface area contributed by atoms with Gasteiger partial charge in [-0.15, -0.1) is 0 Å². The average molecular weight is 475 g/mol. The molecule has 0 amide bonds. The van der Waals surface area contributed by atoms with Gasteiger partial charge in [0.25, 0.3) is 10.0 Å². The highest BCUT2D eigenvalue weighted by Gasteiger charge is 2.38. The van der Waals surface area contributed by atoms with Crippen LogP contribution in [0.3, 0.4) is 0 Å². The van der Waals surface area contributed by atoms with Crippen LogP contribution in [0.25, 0.3) is 0 Å². The van der Waals surface area contributed by atoms with E-state index in [1.807, 2.05) is 13.8 Å². The molecule has 0 aliphatic carbocycles. The first-order valence-corrected chi connectivity index (χ1v) is 13.0. The Morgan fingerprint density at radius 2 is 1.35 bits per heavy atom. The lowest BCUT2D eigenvalue weighted by Crippen LogP contribution is -2.55. The molecule has 2 bridgehead atoms. The predicted molar refractivity (Wildman–Crippen MR) is 138 cm³/mol. The zero-order chi connectivity index (χ0) is 24.0. The van der Waals surface area contributed by atoms with E-state index in [-0.39, 0.29) is 11.1 Å². The van der Waals surface area contributed by atoms with Crippen molar-refractivity contribution in [3.63, 3.8) is 0 Å². The lowest BCUT2D eigenvalue weighted by Gasteiger charge is -2.51. The predicted octanol–water partition coefficient (Wildman–Crippen LogP) is 5.02. The molecule has 176 valence electrons. The van der Waals surface area contributed by atoms with Crippen molar-refractivity contribution in [2.45, 2.75) is 58.3 Å². The highest BCUT2D eigenvalue weighted by atomic mass is 32.2. The summed E-state index contributed by atoms with van der Waals surface area (Å²) in [6, 6.07) is 20.0.